The van der Waals surface area contributed by atoms with Crippen LogP contribution in [0.2, 0.25) is 0 Å². The number of phenolic OH excluding ortho intramolecular Hbond substituents is 3. The molecule has 114 valence electrons. The highest BCUT2D eigenvalue weighted by Gasteiger charge is 2.22. The summed E-state index contributed by atoms with van der Waals surface area (Å²) in [6.45, 7) is 2.94. The molecule has 0 unspecified atom stereocenters. The van der Waals surface area contributed by atoms with Gasteiger partial charge in [-0.3, -0.25) is 4.79 Å². The van der Waals surface area contributed by atoms with E-state index < -0.39 is 17.3 Å². The third kappa shape index (κ3) is 2.74. The Balaban J connectivity index is 2.40. The number of benzene rings is 2. The molecule has 0 aliphatic carbocycles. The monoisotopic (exact) mass is 299 g/mol. The van der Waals surface area contributed by atoms with E-state index in [1.54, 1.807) is 30.3 Å². The Hall–Kier alpha value is -2.95. The van der Waals surface area contributed by atoms with E-state index >= 15 is 0 Å². The van der Waals surface area contributed by atoms with Gasteiger partial charge < -0.3 is 21.1 Å². The number of nitrogen functional groups attached to an aromatic ring is 1. The zero-order valence-electron chi connectivity index (χ0n) is 12.3. The Labute approximate surface area is 128 Å². The van der Waals surface area contributed by atoms with Gasteiger partial charge in [-0.15, -0.1) is 0 Å². The highest BCUT2D eigenvalue weighted by molar-refractivity contribution is 6.11. The molecule has 2 aromatic carbocycles. The van der Waals surface area contributed by atoms with E-state index in [-0.39, 0.29) is 22.4 Å². The molecule has 2 aromatic rings. The topological polar surface area (TPSA) is 104 Å². The summed E-state index contributed by atoms with van der Waals surface area (Å²) < 4.78 is 0. The number of ketones is 1. The normalized spacial score (nSPS) is 11.0. The minimum atomic E-state index is -0.557. The second-order valence-corrected chi connectivity index (χ2v) is 5.04. The van der Waals surface area contributed by atoms with Gasteiger partial charge in [-0.2, -0.15) is 0 Å². The minimum absolute atomic E-state index is 0.152. The molecule has 5 nitrogen and oxygen atoms in total. The van der Waals surface area contributed by atoms with Crippen molar-refractivity contribution in [3.8, 4) is 17.2 Å². The lowest BCUT2D eigenvalue weighted by molar-refractivity contribution is 0.104. The summed E-state index contributed by atoms with van der Waals surface area (Å²) in [6.07, 6.45) is 2.80. The Morgan fingerprint density at radius 2 is 1.45 bits per heavy atom. The fraction of sp³-hybridized carbons (Fsp3) is 0.118. The predicted octanol–water partition coefficient (Wildman–Crippen LogP) is 2.90. The van der Waals surface area contributed by atoms with Crippen LogP contribution in [0.5, 0.6) is 17.2 Å². The first kappa shape index (κ1) is 15.4. The third-order valence-corrected chi connectivity index (χ3v) is 3.50. The maximum Gasteiger partial charge on any atom is 0.193 e. The number of nitrogens with two attached hydrogens (primary N) is 1. The van der Waals surface area contributed by atoms with E-state index in [4.69, 9.17) is 5.73 Å². The van der Waals surface area contributed by atoms with Crippen LogP contribution in [-0.2, 0) is 0 Å². The summed E-state index contributed by atoms with van der Waals surface area (Å²) in [6, 6.07) is 6.89. The minimum Gasteiger partial charge on any atom is -0.507 e. The molecular formula is C17H17NO4. The summed E-state index contributed by atoms with van der Waals surface area (Å²) in [7, 11) is 0. The largest absolute Gasteiger partial charge is 0.507 e. The molecule has 5 N–H and O–H groups in total. The smallest absolute Gasteiger partial charge is 0.193 e. The van der Waals surface area contributed by atoms with Crippen molar-refractivity contribution in [1.82, 2.24) is 0 Å². The molecule has 22 heavy (non-hydrogen) atoms. The lowest BCUT2D eigenvalue weighted by Gasteiger charge is -2.12. The van der Waals surface area contributed by atoms with Crippen molar-refractivity contribution in [3.63, 3.8) is 0 Å². The quantitative estimate of drug-likeness (QED) is 0.396. The van der Waals surface area contributed by atoms with E-state index in [1.165, 1.54) is 19.9 Å². The van der Waals surface area contributed by atoms with Gasteiger partial charge in [0, 0.05) is 16.8 Å². The first-order valence-electron chi connectivity index (χ1n) is 6.65. The van der Waals surface area contributed by atoms with Gasteiger partial charge in [0.25, 0.3) is 0 Å². The fourth-order valence-corrected chi connectivity index (χ4v) is 2.09. The van der Waals surface area contributed by atoms with Crippen molar-refractivity contribution in [2.45, 2.75) is 13.8 Å². The van der Waals surface area contributed by atoms with Crippen LogP contribution < -0.4 is 5.73 Å². The van der Waals surface area contributed by atoms with Gasteiger partial charge in [0.2, 0.25) is 0 Å². The third-order valence-electron chi connectivity index (χ3n) is 3.50. The number of aromatic hydroxyl groups is 3. The molecule has 0 fully saturated rings. The van der Waals surface area contributed by atoms with Gasteiger partial charge in [0.05, 0.1) is 0 Å². The van der Waals surface area contributed by atoms with Crippen LogP contribution >= 0.6 is 0 Å². The molecule has 0 saturated heterocycles. The maximum atomic E-state index is 12.2. The van der Waals surface area contributed by atoms with Gasteiger partial charge in [0.1, 0.15) is 22.8 Å². The molecule has 0 atom stereocenters. The maximum absolute atomic E-state index is 12.2. The van der Waals surface area contributed by atoms with Gasteiger partial charge in [-0.05, 0) is 37.6 Å². The Bertz CT molecular complexity index is 732. The molecule has 0 aromatic heterocycles. The van der Waals surface area contributed by atoms with Crippen LogP contribution in [0.1, 0.15) is 27.0 Å². The van der Waals surface area contributed by atoms with Crippen molar-refractivity contribution >= 4 is 17.5 Å². The Morgan fingerprint density at radius 1 is 0.955 bits per heavy atom. The second kappa shape index (κ2) is 5.81. The molecule has 2 rings (SSSR count). The van der Waals surface area contributed by atoms with Crippen molar-refractivity contribution in [2.24, 2.45) is 0 Å². The fourth-order valence-electron chi connectivity index (χ4n) is 2.09. The molecular weight excluding hydrogens is 282 g/mol. The highest BCUT2D eigenvalue weighted by atomic mass is 16.3. The number of carbonyl (C=O) groups excluding carboxylic acids is 1. The Kier molecular flexibility index (Phi) is 4.08. The number of phenols is 3. The molecule has 5 heteroatoms. The number of hydrogen-bond acceptors (Lipinski definition) is 5. The van der Waals surface area contributed by atoms with E-state index in [0.717, 1.165) is 5.56 Å². The Morgan fingerprint density at radius 3 is 1.95 bits per heavy atom. The van der Waals surface area contributed by atoms with Crippen LogP contribution in [0.25, 0.3) is 6.08 Å². The van der Waals surface area contributed by atoms with E-state index in [1.807, 2.05) is 0 Å². The van der Waals surface area contributed by atoms with Gasteiger partial charge in [-0.25, -0.2) is 0 Å². The molecule has 0 aliphatic heterocycles. The van der Waals surface area contributed by atoms with Crippen LogP contribution in [0, 0.1) is 13.8 Å². The van der Waals surface area contributed by atoms with E-state index in [2.05, 4.69) is 0 Å². The SMILES string of the molecule is Cc1c(O)c(C)c(O)c(C(=O)/C=C/c2ccc(N)cc2)c1O. The van der Waals surface area contributed by atoms with Crippen LogP contribution in [0.3, 0.4) is 0 Å². The summed E-state index contributed by atoms with van der Waals surface area (Å²) in [5, 5.41) is 29.7. The summed E-state index contributed by atoms with van der Waals surface area (Å²) in [5.41, 5.74) is 7.03. The number of allylic oxidation sites excluding steroid dienone is 1. The van der Waals surface area contributed by atoms with Crippen molar-refractivity contribution in [1.29, 1.82) is 0 Å². The van der Waals surface area contributed by atoms with Crippen LogP contribution in [0.15, 0.2) is 30.3 Å². The summed E-state index contributed by atoms with van der Waals surface area (Å²) >= 11 is 0. The van der Waals surface area contributed by atoms with Crippen molar-refractivity contribution < 1.29 is 20.1 Å². The molecule has 0 heterocycles. The van der Waals surface area contributed by atoms with Crippen molar-refractivity contribution in [3.05, 3.63) is 52.6 Å². The summed E-state index contributed by atoms with van der Waals surface area (Å²) in [5.74, 6) is -1.63. The van der Waals surface area contributed by atoms with E-state index in [0.29, 0.717) is 5.69 Å². The average molecular weight is 299 g/mol. The van der Waals surface area contributed by atoms with Crippen LogP contribution in [0.4, 0.5) is 5.69 Å². The number of rotatable bonds is 3. The standard InChI is InChI=1S/C17H17NO4/c1-9-15(20)10(2)17(22)14(16(9)21)13(19)8-5-11-3-6-12(18)7-4-11/h3-8,20-22H,18H2,1-2H3/b8-5+. The summed E-state index contributed by atoms with van der Waals surface area (Å²) in [4.78, 5) is 12.2. The molecule has 0 spiro atoms. The first-order valence-corrected chi connectivity index (χ1v) is 6.65. The molecule has 0 radical (unpaired) electrons. The molecule has 0 aliphatic rings. The number of carbonyl (C=O) groups is 1. The van der Waals surface area contributed by atoms with Gasteiger partial charge >= 0.3 is 0 Å². The zero-order chi connectivity index (χ0) is 16.4. The van der Waals surface area contributed by atoms with E-state index in [9.17, 15) is 20.1 Å². The molecule has 0 amide bonds. The van der Waals surface area contributed by atoms with Crippen molar-refractivity contribution in [2.75, 3.05) is 5.73 Å². The number of anilines is 1. The zero-order valence-corrected chi connectivity index (χ0v) is 12.3. The lowest BCUT2D eigenvalue weighted by atomic mass is 9.98. The highest BCUT2D eigenvalue weighted by Crippen LogP contribution is 2.41. The number of hydrogen-bond donors (Lipinski definition) is 4. The predicted molar refractivity (Wildman–Crippen MR) is 85.1 cm³/mol. The second-order valence-electron chi connectivity index (χ2n) is 5.04. The van der Waals surface area contributed by atoms with Gasteiger partial charge in [-0.1, -0.05) is 18.2 Å². The lowest BCUT2D eigenvalue weighted by Crippen LogP contribution is -1.99. The molecule has 0 saturated carbocycles. The van der Waals surface area contributed by atoms with Crippen LogP contribution in [-0.4, -0.2) is 21.1 Å². The average Bonchev–Trinajstić information content (AvgIpc) is 2.50. The first-order chi connectivity index (χ1) is 10.3. The van der Waals surface area contributed by atoms with Gasteiger partial charge in [0.15, 0.2) is 5.78 Å². The molecule has 0 bridgehead atoms.